The molecule has 2 aromatic rings. The van der Waals surface area contributed by atoms with Gasteiger partial charge in [-0.25, -0.2) is 4.79 Å². The standard InChI is InChI=1S/C18H19ClN2O2S/c1-3-13-11-21(15-6-4-5-7-17(15)24-13)18(22)20-14-10-12(19)8-9-16(14)23-2/h4-10,13H,3,11H2,1-2H3,(H,20,22). The average Bonchev–Trinajstić information content (AvgIpc) is 2.60. The van der Waals surface area contributed by atoms with E-state index in [1.54, 1.807) is 30.2 Å². The van der Waals surface area contributed by atoms with Crippen LogP contribution in [0.5, 0.6) is 5.75 Å². The molecule has 1 aliphatic heterocycles. The Kier molecular flexibility index (Phi) is 5.21. The molecule has 0 saturated heterocycles. The fraction of sp³-hybridized carbons (Fsp3) is 0.278. The molecule has 0 radical (unpaired) electrons. The maximum atomic E-state index is 12.9. The number of urea groups is 1. The monoisotopic (exact) mass is 362 g/mol. The number of para-hydroxylation sites is 1. The third-order valence-electron chi connectivity index (χ3n) is 3.94. The van der Waals surface area contributed by atoms with Gasteiger partial charge in [0.25, 0.3) is 0 Å². The largest absolute Gasteiger partial charge is 0.495 e. The Morgan fingerprint density at radius 2 is 2.17 bits per heavy atom. The molecule has 24 heavy (non-hydrogen) atoms. The number of thioether (sulfide) groups is 1. The van der Waals surface area contributed by atoms with Gasteiger partial charge >= 0.3 is 6.03 Å². The van der Waals surface area contributed by atoms with Crippen LogP contribution in [0, 0.1) is 0 Å². The topological polar surface area (TPSA) is 41.6 Å². The first-order valence-electron chi connectivity index (χ1n) is 7.80. The van der Waals surface area contributed by atoms with Crippen LogP contribution in [0.15, 0.2) is 47.4 Å². The van der Waals surface area contributed by atoms with Gasteiger partial charge in [0.05, 0.1) is 18.5 Å². The molecule has 1 unspecified atom stereocenters. The zero-order valence-electron chi connectivity index (χ0n) is 13.6. The number of ether oxygens (including phenoxy) is 1. The van der Waals surface area contributed by atoms with Crippen molar-refractivity contribution in [2.45, 2.75) is 23.5 Å². The first kappa shape index (κ1) is 17.0. The maximum Gasteiger partial charge on any atom is 0.326 e. The highest BCUT2D eigenvalue weighted by molar-refractivity contribution is 8.00. The number of halogens is 1. The number of benzene rings is 2. The van der Waals surface area contributed by atoms with Crippen molar-refractivity contribution >= 4 is 40.8 Å². The van der Waals surface area contributed by atoms with Gasteiger partial charge in [-0.2, -0.15) is 0 Å². The van der Waals surface area contributed by atoms with Crippen LogP contribution in [0.2, 0.25) is 5.02 Å². The molecule has 126 valence electrons. The van der Waals surface area contributed by atoms with Gasteiger partial charge in [-0.15, -0.1) is 11.8 Å². The third kappa shape index (κ3) is 3.47. The van der Waals surface area contributed by atoms with Crippen LogP contribution in [0.3, 0.4) is 0 Å². The SMILES string of the molecule is CCC1CN(C(=O)Nc2cc(Cl)ccc2OC)c2ccccc2S1. The summed E-state index contributed by atoms with van der Waals surface area (Å²) in [5.41, 5.74) is 1.50. The molecule has 0 aromatic heterocycles. The predicted octanol–water partition coefficient (Wildman–Crippen LogP) is 5.27. The normalized spacial score (nSPS) is 16.5. The highest BCUT2D eigenvalue weighted by Crippen LogP contribution is 2.40. The van der Waals surface area contributed by atoms with Crippen molar-refractivity contribution in [2.75, 3.05) is 23.9 Å². The minimum Gasteiger partial charge on any atom is -0.495 e. The molecular formula is C18H19ClN2O2S. The molecule has 0 spiro atoms. The summed E-state index contributed by atoms with van der Waals surface area (Å²) in [7, 11) is 1.57. The number of amides is 2. The summed E-state index contributed by atoms with van der Waals surface area (Å²) < 4.78 is 5.30. The van der Waals surface area contributed by atoms with Gasteiger partial charge in [0.2, 0.25) is 0 Å². The van der Waals surface area contributed by atoms with E-state index in [9.17, 15) is 4.79 Å². The van der Waals surface area contributed by atoms with Crippen molar-refractivity contribution < 1.29 is 9.53 Å². The smallest absolute Gasteiger partial charge is 0.326 e. The molecule has 0 aliphatic carbocycles. The number of anilines is 2. The number of hydrogen-bond acceptors (Lipinski definition) is 3. The molecule has 2 amide bonds. The van der Waals surface area contributed by atoms with Crippen LogP contribution >= 0.6 is 23.4 Å². The second-order valence-corrected chi connectivity index (χ2v) is 7.28. The van der Waals surface area contributed by atoms with Gasteiger partial charge in [0.1, 0.15) is 5.75 Å². The van der Waals surface area contributed by atoms with E-state index in [1.807, 2.05) is 30.0 Å². The Hall–Kier alpha value is -1.85. The molecule has 0 fully saturated rings. The zero-order chi connectivity index (χ0) is 17.1. The third-order valence-corrected chi connectivity index (χ3v) is 5.59. The van der Waals surface area contributed by atoms with Crippen LogP contribution in [0.4, 0.5) is 16.2 Å². The summed E-state index contributed by atoms with van der Waals surface area (Å²) in [4.78, 5) is 15.8. The molecule has 1 atom stereocenters. The Bertz CT molecular complexity index is 754. The van der Waals surface area contributed by atoms with E-state index < -0.39 is 0 Å². The highest BCUT2D eigenvalue weighted by atomic mass is 35.5. The number of nitrogens with zero attached hydrogens (tertiary/aromatic N) is 1. The average molecular weight is 363 g/mol. The molecule has 0 bridgehead atoms. The lowest BCUT2D eigenvalue weighted by Gasteiger charge is -2.33. The lowest BCUT2D eigenvalue weighted by Crippen LogP contribution is -2.41. The maximum absolute atomic E-state index is 12.9. The molecule has 1 aliphatic rings. The number of methoxy groups -OCH3 is 1. The second-order valence-electron chi connectivity index (χ2n) is 5.50. The van der Waals surface area contributed by atoms with Crippen LogP contribution in [0.25, 0.3) is 0 Å². The van der Waals surface area contributed by atoms with Gasteiger partial charge in [0.15, 0.2) is 0 Å². The molecule has 1 N–H and O–H groups in total. The molecular weight excluding hydrogens is 344 g/mol. The summed E-state index contributed by atoms with van der Waals surface area (Å²) in [6, 6.07) is 13.0. The van der Waals surface area contributed by atoms with Crippen LogP contribution in [-0.4, -0.2) is 24.9 Å². The zero-order valence-corrected chi connectivity index (χ0v) is 15.2. The van der Waals surface area contributed by atoms with Gasteiger partial charge < -0.3 is 10.1 Å². The first-order chi connectivity index (χ1) is 11.6. The number of nitrogens with one attached hydrogen (secondary N) is 1. The first-order valence-corrected chi connectivity index (χ1v) is 9.06. The molecule has 2 aromatic carbocycles. The number of carbonyl (C=O) groups excluding carboxylic acids is 1. The fourth-order valence-electron chi connectivity index (χ4n) is 2.66. The fourth-order valence-corrected chi connectivity index (χ4v) is 4.04. The Morgan fingerprint density at radius 1 is 1.38 bits per heavy atom. The van der Waals surface area contributed by atoms with Crippen LogP contribution in [-0.2, 0) is 0 Å². The minimum absolute atomic E-state index is 0.179. The van der Waals surface area contributed by atoms with Gasteiger partial charge in [-0.1, -0.05) is 30.7 Å². The summed E-state index contributed by atoms with van der Waals surface area (Å²) in [6.45, 7) is 2.81. The van der Waals surface area contributed by atoms with Crippen molar-refractivity contribution in [3.05, 3.63) is 47.5 Å². The lowest BCUT2D eigenvalue weighted by molar-refractivity contribution is 0.256. The molecule has 3 rings (SSSR count). The van der Waals surface area contributed by atoms with Crippen molar-refractivity contribution in [1.29, 1.82) is 0 Å². The van der Waals surface area contributed by atoms with E-state index >= 15 is 0 Å². The summed E-state index contributed by atoms with van der Waals surface area (Å²) in [6.07, 6.45) is 1.00. The van der Waals surface area contributed by atoms with E-state index in [-0.39, 0.29) is 6.03 Å². The minimum atomic E-state index is -0.179. The van der Waals surface area contributed by atoms with Crippen molar-refractivity contribution in [2.24, 2.45) is 0 Å². The van der Waals surface area contributed by atoms with Crippen LogP contribution in [0.1, 0.15) is 13.3 Å². The van der Waals surface area contributed by atoms with Gasteiger partial charge in [-0.05, 0) is 36.8 Å². The van der Waals surface area contributed by atoms with Gasteiger partial charge in [-0.3, -0.25) is 4.90 Å². The Labute approximate surface area is 151 Å². The molecule has 4 nitrogen and oxygen atoms in total. The van der Waals surface area contributed by atoms with E-state index in [0.29, 0.717) is 28.3 Å². The summed E-state index contributed by atoms with van der Waals surface area (Å²) in [5.74, 6) is 0.583. The highest BCUT2D eigenvalue weighted by Gasteiger charge is 2.28. The van der Waals surface area contributed by atoms with E-state index in [0.717, 1.165) is 17.0 Å². The number of fused-ring (bicyclic) bond motifs is 1. The second kappa shape index (κ2) is 7.36. The van der Waals surface area contributed by atoms with Crippen molar-refractivity contribution in [3.63, 3.8) is 0 Å². The molecule has 6 heteroatoms. The quantitative estimate of drug-likeness (QED) is 0.808. The Balaban J connectivity index is 1.88. The molecule has 1 heterocycles. The van der Waals surface area contributed by atoms with E-state index in [1.165, 1.54) is 0 Å². The summed E-state index contributed by atoms with van der Waals surface area (Å²) in [5, 5.41) is 3.86. The van der Waals surface area contributed by atoms with Crippen LogP contribution < -0.4 is 15.0 Å². The summed E-state index contributed by atoms with van der Waals surface area (Å²) >= 11 is 7.87. The van der Waals surface area contributed by atoms with Gasteiger partial charge in [0, 0.05) is 21.7 Å². The number of hydrogen-bond donors (Lipinski definition) is 1. The number of rotatable bonds is 3. The van der Waals surface area contributed by atoms with Crippen molar-refractivity contribution in [1.82, 2.24) is 0 Å². The van der Waals surface area contributed by atoms with E-state index in [4.69, 9.17) is 16.3 Å². The predicted molar refractivity (Wildman–Crippen MR) is 101 cm³/mol. The molecule has 0 saturated carbocycles. The van der Waals surface area contributed by atoms with Crippen molar-refractivity contribution in [3.8, 4) is 5.75 Å². The lowest BCUT2D eigenvalue weighted by atomic mass is 10.2. The Morgan fingerprint density at radius 3 is 2.92 bits per heavy atom. The number of carbonyl (C=O) groups is 1. The van der Waals surface area contributed by atoms with E-state index in [2.05, 4.69) is 18.3 Å².